The number of halogens is 2. The van der Waals surface area contributed by atoms with Crippen molar-refractivity contribution >= 4 is 28.9 Å². The van der Waals surface area contributed by atoms with E-state index in [9.17, 15) is 4.39 Å². The van der Waals surface area contributed by atoms with Gasteiger partial charge in [0.1, 0.15) is 23.3 Å². The summed E-state index contributed by atoms with van der Waals surface area (Å²) in [6, 6.07) is 6.34. The van der Waals surface area contributed by atoms with E-state index in [4.69, 9.17) is 16.3 Å². The molecular weight excluding hydrogens is 307 g/mol. The van der Waals surface area contributed by atoms with Gasteiger partial charge in [-0.15, -0.1) is 0 Å². The molecule has 0 radical (unpaired) electrons. The van der Waals surface area contributed by atoms with Crippen LogP contribution in [-0.2, 0) is 4.74 Å². The fourth-order valence-corrected chi connectivity index (χ4v) is 2.47. The Hall–Kier alpha value is -1.92. The molecule has 0 bridgehead atoms. The van der Waals surface area contributed by atoms with Gasteiger partial charge in [0.25, 0.3) is 0 Å². The van der Waals surface area contributed by atoms with Gasteiger partial charge >= 0.3 is 0 Å². The number of nitrogens with zero attached hydrogens (tertiary/aromatic N) is 3. The van der Waals surface area contributed by atoms with Crippen LogP contribution in [0.3, 0.4) is 0 Å². The van der Waals surface area contributed by atoms with Crippen molar-refractivity contribution in [3.63, 3.8) is 0 Å². The molecule has 1 aliphatic heterocycles. The molecule has 1 aliphatic rings. The van der Waals surface area contributed by atoms with E-state index in [2.05, 4.69) is 20.2 Å². The van der Waals surface area contributed by atoms with Gasteiger partial charge in [0.15, 0.2) is 0 Å². The first kappa shape index (κ1) is 15.0. The number of ether oxygens (including phenoxy) is 1. The van der Waals surface area contributed by atoms with Crippen molar-refractivity contribution < 1.29 is 9.13 Å². The zero-order chi connectivity index (χ0) is 15.5. The van der Waals surface area contributed by atoms with Gasteiger partial charge < -0.3 is 15.0 Å². The Morgan fingerprint density at radius 1 is 1.23 bits per heavy atom. The number of aromatic nitrogens is 2. The number of anilines is 3. The summed E-state index contributed by atoms with van der Waals surface area (Å²) in [7, 11) is 0. The summed E-state index contributed by atoms with van der Waals surface area (Å²) in [6.07, 6.45) is 0. The molecule has 1 saturated heterocycles. The second kappa shape index (κ2) is 6.46. The molecule has 5 nitrogen and oxygen atoms in total. The van der Waals surface area contributed by atoms with Gasteiger partial charge in [0.05, 0.1) is 18.2 Å². The minimum absolute atomic E-state index is 0.0733. The molecule has 1 aromatic carbocycles. The molecule has 1 N–H and O–H groups in total. The molecule has 7 heteroatoms. The summed E-state index contributed by atoms with van der Waals surface area (Å²) < 4.78 is 18.6. The van der Waals surface area contributed by atoms with Crippen molar-refractivity contribution in [1.82, 2.24) is 9.97 Å². The quantitative estimate of drug-likeness (QED) is 0.940. The second-order valence-electron chi connectivity index (χ2n) is 5.01. The van der Waals surface area contributed by atoms with E-state index >= 15 is 0 Å². The van der Waals surface area contributed by atoms with Gasteiger partial charge in [0, 0.05) is 24.8 Å². The molecule has 0 aliphatic carbocycles. The predicted molar refractivity (Wildman–Crippen MR) is 84.5 cm³/mol. The van der Waals surface area contributed by atoms with Crippen LogP contribution >= 0.6 is 11.6 Å². The maximum Gasteiger partial charge on any atom is 0.141 e. The van der Waals surface area contributed by atoms with Crippen LogP contribution in [0.4, 0.5) is 21.7 Å². The standard InChI is InChI=1S/C15H16ClFN4O/c1-10-18-14(20-11-2-3-13(17)12(16)8-11)9-15(19-10)21-4-6-22-7-5-21/h2-3,8-9H,4-7H2,1H3,(H,18,19,20). The molecule has 1 aromatic heterocycles. The molecule has 1 fully saturated rings. The SMILES string of the molecule is Cc1nc(Nc2ccc(F)c(Cl)c2)cc(N2CCOCC2)n1. The third-order valence-corrected chi connectivity index (χ3v) is 3.64. The topological polar surface area (TPSA) is 50.3 Å². The number of morpholine rings is 1. The van der Waals surface area contributed by atoms with Crippen molar-refractivity contribution in [2.75, 3.05) is 36.5 Å². The fourth-order valence-electron chi connectivity index (χ4n) is 2.29. The van der Waals surface area contributed by atoms with Crippen LogP contribution in [-0.4, -0.2) is 36.3 Å². The minimum Gasteiger partial charge on any atom is -0.378 e. The van der Waals surface area contributed by atoms with Gasteiger partial charge in [-0.25, -0.2) is 14.4 Å². The summed E-state index contributed by atoms with van der Waals surface area (Å²) >= 11 is 5.79. The normalized spacial score (nSPS) is 15.0. The summed E-state index contributed by atoms with van der Waals surface area (Å²) in [6.45, 7) is 4.84. The third kappa shape index (κ3) is 3.45. The lowest BCUT2D eigenvalue weighted by Gasteiger charge is -2.28. The first-order valence-electron chi connectivity index (χ1n) is 7.02. The van der Waals surface area contributed by atoms with Crippen molar-refractivity contribution in [2.24, 2.45) is 0 Å². The first-order valence-corrected chi connectivity index (χ1v) is 7.40. The summed E-state index contributed by atoms with van der Waals surface area (Å²) in [5.41, 5.74) is 0.678. The maximum absolute atomic E-state index is 13.2. The molecule has 0 spiro atoms. The average Bonchev–Trinajstić information content (AvgIpc) is 2.51. The van der Waals surface area contributed by atoms with E-state index in [0.29, 0.717) is 30.5 Å². The Morgan fingerprint density at radius 2 is 2.00 bits per heavy atom. The van der Waals surface area contributed by atoms with E-state index in [1.54, 1.807) is 6.07 Å². The Labute approximate surface area is 133 Å². The van der Waals surface area contributed by atoms with E-state index in [0.717, 1.165) is 18.9 Å². The number of hydrogen-bond acceptors (Lipinski definition) is 5. The third-order valence-electron chi connectivity index (χ3n) is 3.35. The lowest BCUT2D eigenvalue weighted by Crippen LogP contribution is -2.36. The highest BCUT2D eigenvalue weighted by Gasteiger charge is 2.14. The van der Waals surface area contributed by atoms with Crippen molar-refractivity contribution in [1.29, 1.82) is 0 Å². The van der Waals surface area contributed by atoms with Gasteiger partial charge in [-0.3, -0.25) is 0 Å². The molecule has 116 valence electrons. The van der Waals surface area contributed by atoms with Gasteiger partial charge in [-0.1, -0.05) is 11.6 Å². The number of rotatable bonds is 3. The zero-order valence-corrected chi connectivity index (χ0v) is 12.9. The molecule has 0 saturated carbocycles. The van der Waals surface area contributed by atoms with Gasteiger partial charge in [0.2, 0.25) is 0 Å². The van der Waals surface area contributed by atoms with Crippen LogP contribution < -0.4 is 10.2 Å². The van der Waals surface area contributed by atoms with Crippen LogP contribution in [0.15, 0.2) is 24.3 Å². The van der Waals surface area contributed by atoms with Crippen molar-refractivity contribution in [3.05, 3.63) is 40.9 Å². The predicted octanol–water partition coefficient (Wildman–Crippen LogP) is 3.16. The number of nitrogens with one attached hydrogen (secondary N) is 1. The molecule has 0 amide bonds. The highest BCUT2D eigenvalue weighted by Crippen LogP contribution is 2.24. The van der Waals surface area contributed by atoms with Gasteiger partial charge in [-0.2, -0.15) is 0 Å². The summed E-state index contributed by atoms with van der Waals surface area (Å²) in [4.78, 5) is 11.0. The lowest BCUT2D eigenvalue weighted by atomic mass is 10.3. The minimum atomic E-state index is -0.444. The summed E-state index contributed by atoms with van der Waals surface area (Å²) in [5, 5.41) is 3.21. The smallest absolute Gasteiger partial charge is 0.141 e. The molecule has 0 unspecified atom stereocenters. The Morgan fingerprint density at radius 3 is 2.73 bits per heavy atom. The highest BCUT2D eigenvalue weighted by molar-refractivity contribution is 6.31. The zero-order valence-electron chi connectivity index (χ0n) is 12.1. The largest absolute Gasteiger partial charge is 0.378 e. The van der Waals surface area contributed by atoms with E-state index < -0.39 is 5.82 Å². The Bertz CT molecular complexity index is 677. The van der Waals surface area contributed by atoms with Crippen LogP contribution in [0.1, 0.15) is 5.82 Å². The average molecular weight is 323 g/mol. The number of benzene rings is 1. The van der Waals surface area contributed by atoms with E-state index in [1.807, 2.05) is 13.0 Å². The lowest BCUT2D eigenvalue weighted by molar-refractivity contribution is 0.122. The Balaban J connectivity index is 1.83. The molecule has 2 aromatic rings. The summed E-state index contributed by atoms with van der Waals surface area (Å²) in [5.74, 6) is 1.72. The van der Waals surface area contributed by atoms with Crippen LogP contribution in [0.2, 0.25) is 5.02 Å². The highest BCUT2D eigenvalue weighted by atomic mass is 35.5. The number of hydrogen-bond donors (Lipinski definition) is 1. The van der Waals surface area contributed by atoms with E-state index in [1.165, 1.54) is 12.1 Å². The molecule has 2 heterocycles. The fraction of sp³-hybridized carbons (Fsp3) is 0.333. The van der Waals surface area contributed by atoms with E-state index in [-0.39, 0.29) is 5.02 Å². The molecule has 22 heavy (non-hydrogen) atoms. The molecular formula is C15H16ClFN4O. The monoisotopic (exact) mass is 322 g/mol. The molecule has 0 atom stereocenters. The van der Waals surface area contributed by atoms with Crippen molar-refractivity contribution in [3.8, 4) is 0 Å². The maximum atomic E-state index is 13.2. The Kier molecular flexibility index (Phi) is 4.40. The van der Waals surface area contributed by atoms with Crippen LogP contribution in [0, 0.1) is 12.7 Å². The van der Waals surface area contributed by atoms with Crippen LogP contribution in [0.25, 0.3) is 0 Å². The second-order valence-corrected chi connectivity index (χ2v) is 5.42. The number of aryl methyl sites for hydroxylation is 1. The van der Waals surface area contributed by atoms with Gasteiger partial charge in [-0.05, 0) is 25.1 Å². The van der Waals surface area contributed by atoms with Crippen LogP contribution in [0.5, 0.6) is 0 Å². The molecule has 3 rings (SSSR count). The first-order chi connectivity index (χ1) is 10.6. The van der Waals surface area contributed by atoms with Crippen molar-refractivity contribution in [2.45, 2.75) is 6.92 Å².